The molecule has 4 N–H and O–H groups in total. The molecule has 0 saturated carbocycles. The van der Waals surface area contributed by atoms with Crippen LogP contribution in [0.5, 0.6) is 0 Å². The maximum Gasteiger partial charge on any atom is 0.229 e. The monoisotopic (exact) mass is 244 g/mol. The number of hydrogen-bond acceptors (Lipinski definition) is 3. The molecule has 0 spiro atoms. The van der Waals surface area contributed by atoms with Crippen LogP contribution >= 0.6 is 0 Å². The van der Waals surface area contributed by atoms with Crippen molar-refractivity contribution in [2.24, 2.45) is 5.73 Å². The van der Waals surface area contributed by atoms with E-state index in [0.29, 0.717) is 6.54 Å². The Bertz CT molecular complexity index is 481. The highest BCUT2D eigenvalue weighted by Crippen LogP contribution is 2.14. The van der Waals surface area contributed by atoms with Gasteiger partial charge in [0, 0.05) is 18.9 Å². The van der Waals surface area contributed by atoms with Crippen LogP contribution in [0.15, 0.2) is 42.7 Å². The van der Waals surface area contributed by atoms with Crippen molar-refractivity contribution in [2.45, 2.75) is 12.5 Å². The van der Waals surface area contributed by atoms with Crippen LogP contribution in [0.25, 0.3) is 0 Å². The lowest BCUT2D eigenvalue weighted by Gasteiger charge is -2.14. The van der Waals surface area contributed by atoms with Crippen molar-refractivity contribution in [1.29, 1.82) is 0 Å². The Morgan fingerprint density at radius 2 is 2.17 bits per heavy atom. The molecule has 0 fully saturated rings. The Balaban J connectivity index is 1.98. The van der Waals surface area contributed by atoms with Crippen LogP contribution in [0, 0.1) is 0 Å². The molecule has 1 atom stereocenters. The molecule has 0 aliphatic rings. The average molecular weight is 244 g/mol. The van der Waals surface area contributed by atoms with E-state index in [0.717, 1.165) is 11.4 Å². The van der Waals surface area contributed by atoms with Gasteiger partial charge in [0.1, 0.15) is 5.82 Å². The van der Waals surface area contributed by atoms with Gasteiger partial charge in [-0.15, -0.1) is 0 Å². The Morgan fingerprint density at radius 1 is 1.39 bits per heavy atom. The number of nitrogens with two attached hydrogens (primary N) is 1. The lowest BCUT2D eigenvalue weighted by atomic mass is 9.98. The lowest BCUT2D eigenvalue weighted by Crippen LogP contribution is -2.33. The van der Waals surface area contributed by atoms with E-state index in [1.807, 2.05) is 30.3 Å². The van der Waals surface area contributed by atoms with Gasteiger partial charge in [-0.2, -0.15) is 0 Å². The number of H-pyrrole nitrogens is 1. The zero-order chi connectivity index (χ0) is 12.8. The maximum absolute atomic E-state index is 12.0. The standard InChI is InChI=1S/C13H16N4O/c14-8-11(10-4-2-1-3-5-10)13(18)17-9-12-15-6-7-16-12/h1-7,11H,8-9,14H2,(H,15,16)(H,17,18). The topological polar surface area (TPSA) is 83.8 Å². The molecule has 1 unspecified atom stereocenters. The first-order valence-corrected chi connectivity index (χ1v) is 5.82. The van der Waals surface area contributed by atoms with Crippen molar-refractivity contribution in [2.75, 3.05) is 6.54 Å². The fourth-order valence-electron chi connectivity index (χ4n) is 1.77. The van der Waals surface area contributed by atoms with Gasteiger partial charge in [-0.3, -0.25) is 4.79 Å². The van der Waals surface area contributed by atoms with Crippen molar-refractivity contribution < 1.29 is 4.79 Å². The third-order valence-corrected chi connectivity index (χ3v) is 2.74. The molecule has 5 heteroatoms. The summed E-state index contributed by atoms with van der Waals surface area (Å²) in [7, 11) is 0. The van der Waals surface area contributed by atoms with Gasteiger partial charge in [0.15, 0.2) is 0 Å². The first kappa shape index (κ1) is 12.3. The minimum Gasteiger partial charge on any atom is -0.348 e. The summed E-state index contributed by atoms with van der Waals surface area (Å²) >= 11 is 0. The molecule has 1 aromatic carbocycles. The molecule has 5 nitrogen and oxygen atoms in total. The van der Waals surface area contributed by atoms with Crippen LogP contribution in [-0.2, 0) is 11.3 Å². The van der Waals surface area contributed by atoms with Gasteiger partial charge in [0.05, 0.1) is 12.5 Å². The number of hydrogen-bond donors (Lipinski definition) is 3. The summed E-state index contributed by atoms with van der Waals surface area (Å²) < 4.78 is 0. The van der Waals surface area contributed by atoms with Crippen LogP contribution < -0.4 is 11.1 Å². The lowest BCUT2D eigenvalue weighted by molar-refractivity contribution is -0.122. The summed E-state index contributed by atoms with van der Waals surface area (Å²) in [5.41, 5.74) is 6.60. The first-order valence-electron chi connectivity index (χ1n) is 5.82. The van der Waals surface area contributed by atoms with Crippen LogP contribution in [0.3, 0.4) is 0 Å². The van der Waals surface area contributed by atoms with Crippen LogP contribution in [0.4, 0.5) is 0 Å². The number of benzene rings is 1. The van der Waals surface area contributed by atoms with Gasteiger partial charge in [-0.1, -0.05) is 30.3 Å². The number of nitrogens with zero attached hydrogens (tertiary/aromatic N) is 1. The fourth-order valence-corrected chi connectivity index (χ4v) is 1.77. The Hall–Kier alpha value is -2.14. The summed E-state index contributed by atoms with van der Waals surface area (Å²) in [5.74, 6) is 0.327. The molecule has 1 heterocycles. The molecule has 94 valence electrons. The fraction of sp³-hybridized carbons (Fsp3) is 0.231. The molecule has 18 heavy (non-hydrogen) atoms. The van der Waals surface area contributed by atoms with E-state index in [4.69, 9.17) is 5.73 Å². The number of carbonyl (C=O) groups excluding carboxylic acids is 1. The van der Waals surface area contributed by atoms with Crippen LogP contribution in [-0.4, -0.2) is 22.4 Å². The second-order valence-electron chi connectivity index (χ2n) is 3.95. The molecule has 2 rings (SSSR count). The van der Waals surface area contributed by atoms with Gasteiger partial charge in [0.2, 0.25) is 5.91 Å². The van der Waals surface area contributed by atoms with E-state index in [1.165, 1.54) is 0 Å². The van der Waals surface area contributed by atoms with Crippen molar-refractivity contribution in [1.82, 2.24) is 15.3 Å². The molecule has 0 bridgehead atoms. The predicted molar refractivity (Wildman–Crippen MR) is 68.7 cm³/mol. The number of aromatic nitrogens is 2. The van der Waals surface area contributed by atoms with Crippen molar-refractivity contribution in [3.05, 3.63) is 54.1 Å². The van der Waals surface area contributed by atoms with Crippen molar-refractivity contribution in [3.8, 4) is 0 Å². The molecule has 0 aliphatic heterocycles. The SMILES string of the molecule is NCC(C(=O)NCc1ncc[nH]1)c1ccccc1. The molecule has 1 amide bonds. The molecular weight excluding hydrogens is 228 g/mol. The first-order chi connectivity index (χ1) is 8.81. The second-order valence-corrected chi connectivity index (χ2v) is 3.95. The van der Waals surface area contributed by atoms with Gasteiger partial charge >= 0.3 is 0 Å². The van der Waals surface area contributed by atoms with E-state index in [2.05, 4.69) is 15.3 Å². The number of imidazole rings is 1. The normalized spacial score (nSPS) is 12.1. The largest absolute Gasteiger partial charge is 0.348 e. The summed E-state index contributed by atoms with van der Waals surface area (Å²) in [6.45, 7) is 0.670. The zero-order valence-corrected chi connectivity index (χ0v) is 9.97. The second kappa shape index (κ2) is 5.97. The van der Waals surface area contributed by atoms with Crippen LogP contribution in [0.2, 0.25) is 0 Å². The number of amides is 1. The molecule has 0 aliphatic carbocycles. The summed E-state index contributed by atoms with van der Waals surface area (Å²) in [4.78, 5) is 19.0. The highest BCUT2D eigenvalue weighted by atomic mass is 16.1. The predicted octanol–water partition coefficient (Wildman–Crippen LogP) is 0.768. The maximum atomic E-state index is 12.0. The summed E-state index contributed by atoms with van der Waals surface area (Å²) in [5, 5.41) is 2.82. The summed E-state index contributed by atoms with van der Waals surface area (Å²) in [6, 6.07) is 9.53. The quantitative estimate of drug-likeness (QED) is 0.726. The van der Waals surface area contributed by atoms with Gasteiger partial charge in [-0.05, 0) is 5.56 Å². The van der Waals surface area contributed by atoms with E-state index in [1.54, 1.807) is 12.4 Å². The smallest absolute Gasteiger partial charge is 0.229 e. The van der Waals surface area contributed by atoms with E-state index in [9.17, 15) is 4.79 Å². The molecular formula is C13H16N4O. The highest BCUT2D eigenvalue weighted by Gasteiger charge is 2.18. The molecule has 0 radical (unpaired) electrons. The van der Waals surface area contributed by atoms with Crippen molar-refractivity contribution in [3.63, 3.8) is 0 Å². The van der Waals surface area contributed by atoms with E-state index >= 15 is 0 Å². The highest BCUT2D eigenvalue weighted by molar-refractivity contribution is 5.83. The molecule has 0 saturated heterocycles. The van der Waals surface area contributed by atoms with E-state index < -0.39 is 0 Å². The number of aromatic amines is 1. The number of nitrogens with one attached hydrogen (secondary N) is 2. The molecule has 1 aromatic heterocycles. The number of rotatable bonds is 5. The van der Waals surface area contributed by atoms with Crippen LogP contribution in [0.1, 0.15) is 17.3 Å². The Labute approximate surface area is 105 Å². The summed E-state index contributed by atoms with van der Waals surface area (Å²) in [6.07, 6.45) is 3.37. The Morgan fingerprint density at radius 3 is 2.78 bits per heavy atom. The zero-order valence-electron chi connectivity index (χ0n) is 9.97. The van der Waals surface area contributed by atoms with Gasteiger partial charge in [0.25, 0.3) is 0 Å². The third kappa shape index (κ3) is 2.95. The third-order valence-electron chi connectivity index (χ3n) is 2.74. The number of carbonyl (C=O) groups is 1. The van der Waals surface area contributed by atoms with Crippen molar-refractivity contribution >= 4 is 5.91 Å². The minimum atomic E-state index is -0.318. The van der Waals surface area contributed by atoms with Gasteiger partial charge in [-0.25, -0.2) is 4.98 Å². The van der Waals surface area contributed by atoms with Gasteiger partial charge < -0.3 is 16.0 Å². The Kier molecular flexibility index (Phi) is 4.09. The minimum absolute atomic E-state index is 0.0832. The molecule has 2 aromatic rings. The van der Waals surface area contributed by atoms with E-state index in [-0.39, 0.29) is 18.4 Å². The average Bonchev–Trinajstić information content (AvgIpc) is 2.92.